The first-order valence-corrected chi connectivity index (χ1v) is 9.44. The lowest BCUT2D eigenvalue weighted by atomic mass is 10.2. The van der Waals surface area contributed by atoms with E-state index in [0.717, 1.165) is 39.7 Å². The lowest BCUT2D eigenvalue weighted by Gasteiger charge is -2.04. The van der Waals surface area contributed by atoms with Crippen molar-refractivity contribution in [2.75, 3.05) is 6.26 Å². The van der Waals surface area contributed by atoms with Crippen LogP contribution in [0.5, 0.6) is 0 Å². The van der Waals surface area contributed by atoms with E-state index in [9.17, 15) is 18.5 Å². The molecule has 2 rings (SSSR count). The number of hydrogen-bond donors (Lipinski definition) is 0. The Balaban J connectivity index is 2.51. The van der Waals surface area contributed by atoms with Crippen LogP contribution in [0.25, 0.3) is 0 Å². The fourth-order valence-electron chi connectivity index (χ4n) is 1.64. The number of rotatable bonds is 4. The van der Waals surface area contributed by atoms with Gasteiger partial charge in [0.15, 0.2) is 9.84 Å². The molecule has 1 aromatic heterocycles. The quantitative estimate of drug-likeness (QED) is 0.623. The highest BCUT2D eigenvalue weighted by Gasteiger charge is 2.24. The molecule has 0 bridgehead atoms. The number of nitro groups is 1. The molecule has 0 fully saturated rings. The monoisotopic (exact) mass is 343 g/mol. The molecule has 0 saturated heterocycles. The van der Waals surface area contributed by atoms with E-state index in [4.69, 9.17) is 0 Å². The first-order valence-electron chi connectivity index (χ1n) is 5.92. The molecule has 0 atom stereocenters. The van der Waals surface area contributed by atoms with Crippen LogP contribution in [0, 0.1) is 24.0 Å². The summed E-state index contributed by atoms with van der Waals surface area (Å²) >= 11 is 2.17. The Bertz CT molecular complexity index is 809. The summed E-state index contributed by atoms with van der Waals surface area (Å²) in [7, 11) is -3.45. The van der Waals surface area contributed by atoms with Gasteiger partial charge in [0.1, 0.15) is 8.42 Å². The lowest BCUT2D eigenvalue weighted by molar-refractivity contribution is -0.387. The molecule has 1 aromatic carbocycles. The van der Waals surface area contributed by atoms with Gasteiger partial charge in [-0.2, -0.15) is 0 Å². The molecule has 1 heterocycles. The number of thiophene rings is 1. The molecule has 112 valence electrons. The second-order valence-corrected chi connectivity index (χ2v) is 9.24. The number of benzene rings is 1. The van der Waals surface area contributed by atoms with Crippen molar-refractivity contribution >= 4 is 38.6 Å². The summed E-state index contributed by atoms with van der Waals surface area (Å²) in [6.07, 6.45) is 1.05. The smallest absolute Gasteiger partial charge is 0.258 e. The maximum atomic E-state index is 11.6. The van der Waals surface area contributed by atoms with Crippen molar-refractivity contribution in [2.45, 2.75) is 27.2 Å². The van der Waals surface area contributed by atoms with Gasteiger partial charge in [-0.3, -0.25) is 10.1 Å². The average Bonchev–Trinajstić information content (AvgIpc) is 2.78. The Kier molecular flexibility index (Phi) is 4.40. The molecule has 0 aliphatic rings. The fourth-order valence-corrected chi connectivity index (χ4v) is 5.19. The third-order valence-corrected chi connectivity index (χ3v) is 7.04. The highest BCUT2D eigenvalue weighted by Crippen LogP contribution is 2.43. The van der Waals surface area contributed by atoms with Crippen LogP contribution < -0.4 is 0 Å². The summed E-state index contributed by atoms with van der Waals surface area (Å²) in [6.45, 7) is 3.85. The van der Waals surface area contributed by atoms with Crippen molar-refractivity contribution in [3.05, 3.63) is 45.5 Å². The number of aryl methyl sites for hydroxylation is 2. The maximum absolute atomic E-state index is 11.6. The van der Waals surface area contributed by atoms with Gasteiger partial charge in [-0.25, -0.2) is 8.42 Å². The molecule has 21 heavy (non-hydrogen) atoms. The third kappa shape index (κ3) is 3.63. The van der Waals surface area contributed by atoms with Gasteiger partial charge < -0.3 is 0 Å². The minimum atomic E-state index is -3.45. The van der Waals surface area contributed by atoms with Crippen LogP contribution in [0.15, 0.2) is 37.6 Å². The number of hydrogen-bond acceptors (Lipinski definition) is 6. The van der Waals surface area contributed by atoms with Gasteiger partial charge in [0, 0.05) is 17.2 Å². The Hall–Kier alpha value is -1.38. The zero-order chi connectivity index (χ0) is 15.8. The minimum absolute atomic E-state index is 0.0157. The van der Waals surface area contributed by atoms with Crippen molar-refractivity contribution in [2.24, 2.45) is 0 Å². The van der Waals surface area contributed by atoms with E-state index in [1.807, 2.05) is 32.0 Å². The van der Waals surface area contributed by atoms with E-state index in [1.54, 1.807) is 0 Å². The molecular weight excluding hydrogens is 330 g/mol. The van der Waals surface area contributed by atoms with Crippen LogP contribution in [-0.2, 0) is 9.84 Å². The predicted molar refractivity (Wildman–Crippen MR) is 84.1 cm³/mol. The SMILES string of the molecule is Cc1ccc(C)c(Sc2sc(S(C)(=O)=O)cc2[N+](=O)[O-])c1. The van der Waals surface area contributed by atoms with E-state index < -0.39 is 14.8 Å². The molecule has 5 nitrogen and oxygen atoms in total. The predicted octanol–water partition coefficient (Wildman–Crippen LogP) is 3.83. The molecule has 0 saturated carbocycles. The van der Waals surface area contributed by atoms with Crippen LogP contribution in [0.3, 0.4) is 0 Å². The van der Waals surface area contributed by atoms with Crippen LogP contribution in [0.4, 0.5) is 5.69 Å². The van der Waals surface area contributed by atoms with Crippen LogP contribution >= 0.6 is 23.1 Å². The summed E-state index contributed by atoms with van der Waals surface area (Å²) in [5, 5.41) is 11.1. The van der Waals surface area contributed by atoms with E-state index in [2.05, 4.69) is 0 Å². The van der Waals surface area contributed by atoms with E-state index >= 15 is 0 Å². The Morgan fingerprint density at radius 1 is 1.24 bits per heavy atom. The fraction of sp³-hybridized carbons (Fsp3) is 0.231. The second kappa shape index (κ2) is 5.78. The standard InChI is InChI=1S/C13H13NO4S3/c1-8-4-5-9(2)11(6-8)19-13-10(14(15)16)7-12(20-13)21(3,17)18/h4-7H,1-3H3. The first-order chi connectivity index (χ1) is 9.68. The van der Waals surface area contributed by atoms with Gasteiger partial charge in [0.2, 0.25) is 0 Å². The molecular formula is C13H13NO4S3. The van der Waals surface area contributed by atoms with Gasteiger partial charge >= 0.3 is 0 Å². The Labute approximate surface area is 131 Å². The van der Waals surface area contributed by atoms with Crippen molar-refractivity contribution < 1.29 is 13.3 Å². The normalized spacial score (nSPS) is 11.6. The van der Waals surface area contributed by atoms with Crippen LogP contribution in [-0.4, -0.2) is 19.6 Å². The van der Waals surface area contributed by atoms with Gasteiger partial charge in [-0.05, 0) is 31.0 Å². The van der Waals surface area contributed by atoms with Gasteiger partial charge in [0.25, 0.3) is 5.69 Å². The molecule has 0 aliphatic carbocycles. The zero-order valence-corrected chi connectivity index (χ0v) is 14.1. The first kappa shape index (κ1) is 16.0. The summed E-state index contributed by atoms with van der Waals surface area (Å²) in [5.74, 6) is 0. The van der Waals surface area contributed by atoms with Gasteiger partial charge in [0.05, 0.1) is 4.92 Å². The number of nitrogens with zero attached hydrogens (tertiary/aromatic N) is 1. The van der Waals surface area contributed by atoms with Crippen LogP contribution in [0.1, 0.15) is 11.1 Å². The molecule has 2 aromatic rings. The zero-order valence-electron chi connectivity index (χ0n) is 11.6. The molecule has 0 spiro atoms. The van der Waals surface area contributed by atoms with Crippen molar-refractivity contribution in [3.8, 4) is 0 Å². The highest BCUT2D eigenvalue weighted by atomic mass is 32.2. The minimum Gasteiger partial charge on any atom is -0.258 e. The highest BCUT2D eigenvalue weighted by molar-refractivity contribution is 8.02. The Morgan fingerprint density at radius 3 is 2.48 bits per heavy atom. The van der Waals surface area contributed by atoms with E-state index in [-0.39, 0.29) is 9.90 Å². The molecule has 0 amide bonds. The van der Waals surface area contributed by atoms with E-state index in [0.29, 0.717) is 4.21 Å². The molecule has 8 heteroatoms. The summed E-state index contributed by atoms with van der Waals surface area (Å²) in [5.41, 5.74) is 1.88. The Morgan fingerprint density at radius 2 is 1.90 bits per heavy atom. The number of sulfone groups is 1. The molecule has 0 unspecified atom stereocenters. The van der Waals surface area contributed by atoms with E-state index in [1.165, 1.54) is 11.8 Å². The van der Waals surface area contributed by atoms with Crippen molar-refractivity contribution in [1.82, 2.24) is 0 Å². The summed E-state index contributed by atoms with van der Waals surface area (Å²) < 4.78 is 23.5. The average molecular weight is 343 g/mol. The summed E-state index contributed by atoms with van der Waals surface area (Å²) in [6, 6.07) is 6.97. The lowest BCUT2D eigenvalue weighted by Crippen LogP contribution is -1.92. The van der Waals surface area contributed by atoms with Gasteiger partial charge in [-0.1, -0.05) is 23.9 Å². The third-order valence-electron chi connectivity index (χ3n) is 2.77. The topological polar surface area (TPSA) is 77.3 Å². The molecule has 0 N–H and O–H groups in total. The van der Waals surface area contributed by atoms with Crippen LogP contribution in [0.2, 0.25) is 0 Å². The van der Waals surface area contributed by atoms with Gasteiger partial charge in [-0.15, -0.1) is 11.3 Å². The second-order valence-electron chi connectivity index (χ2n) is 4.64. The van der Waals surface area contributed by atoms with Crippen molar-refractivity contribution in [3.63, 3.8) is 0 Å². The van der Waals surface area contributed by atoms with Crippen molar-refractivity contribution in [1.29, 1.82) is 0 Å². The largest absolute Gasteiger partial charge is 0.295 e. The molecule has 0 aliphatic heterocycles. The summed E-state index contributed by atoms with van der Waals surface area (Å²) in [4.78, 5) is 11.5. The molecule has 0 radical (unpaired) electrons. The maximum Gasteiger partial charge on any atom is 0.295 e.